The number of ether oxygens (including phenoxy) is 1. The van der Waals surface area contributed by atoms with E-state index in [-0.39, 0.29) is 6.10 Å². The first-order valence-electron chi connectivity index (χ1n) is 6.34. The summed E-state index contributed by atoms with van der Waals surface area (Å²) in [6, 6.07) is 6.42. The number of nitrogens with two attached hydrogens (primary N) is 1. The molecule has 1 fully saturated rings. The van der Waals surface area contributed by atoms with Crippen molar-refractivity contribution in [2.45, 2.75) is 32.8 Å². The topological polar surface area (TPSA) is 38.5 Å². The molecule has 1 atom stereocenters. The Kier molecular flexibility index (Phi) is 3.57. The second-order valence-corrected chi connectivity index (χ2v) is 5.10. The lowest BCUT2D eigenvalue weighted by Crippen LogP contribution is -2.41. The Labute approximate surface area is 104 Å². The highest BCUT2D eigenvalue weighted by molar-refractivity contribution is 5.69. The van der Waals surface area contributed by atoms with Crippen molar-refractivity contribution in [2.24, 2.45) is 0 Å². The molecular weight excluding hydrogens is 212 g/mol. The van der Waals surface area contributed by atoms with Gasteiger partial charge in [0, 0.05) is 13.1 Å². The van der Waals surface area contributed by atoms with Crippen LogP contribution in [0.15, 0.2) is 18.2 Å². The molecule has 17 heavy (non-hydrogen) atoms. The minimum Gasteiger partial charge on any atom is -0.397 e. The van der Waals surface area contributed by atoms with Crippen molar-refractivity contribution in [3.05, 3.63) is 23.8 Å². The molecule has 0 aliphatic carbocycles. The molecule has 3 nitrogen and oxygen atoms in total. The second-order valence-electron chi connectivity index (χ2n) is 5.10. The molecule has 0 spiro atoms. The van der Waals surface area contributed by atoms with Crippen molar-refractivity contribution >= 4 is 11.4 Å². The first-order chi connectivity index (χ1) is 8.08. The molecule has 1 aromatic carbocycles. The maximum absolute atomic E-state index is 6.15. The van der Waals surface area contributed by atoms with E-state index < -0.39 is 0 Å². The standard InChI is InChI=1S/C14H22N2O/c1-10(2)12-4-5-14(13(15)8-12)16-6-7-17-11(3)9-16/h4-5,8,10-11H,6-7,9,15H2,1-3H3. The quantitative estimate of drug-likeness (QED) is 0.799. The molecule has 1 aliphatic rings. The molecule has 0 radical (unpaired) electrons. The summed E-state index contributed by atoms with van der Waals surface area (Å²) in [5, 5.41) is 0. The lowest BCUT2D eigenvalue weighted by atomic mass is 10.0. The monoisotopic (exact) mass is 234 g/mol. The van der Waals surface area contributed by atoms with Crippen molar-refractivity contribution in [2.75, 3.05) is 30.3 Å². The maximum atomic E-state index is 6.15. The molecule has 1 aromatic rings. The van der Waals surface area contributed by atoms with E-state index in [0.29, 0.717) is 5.92 Å². The van der Waals surface area contributed by atoms with E-state index in [9.17, 15) is 0 Å². The third-order valence-corrected chi connectivity index (χ3v) is 3.30. The van der Waals surface area contributed by atoms with Crippen molar-refractivity contribution in [1.82, 2.24) is 0 Å². The Morgan fingerprint density at radius 2 is 2.18 bits per heavy atom. The van der Waals surface area contributed by atoms with E-state index in [1.54, 1.807) is 0 Å². The van der Waals surface area contributed by atoms with Crippen LogP contribution < -0.4 is 10.6 Å². The van der Waals surface area contributed by atoms with E-state index in [0.717, 1.165) is 31.1 Å². The van der Waals surface area contributed by atoms with Gasteiger partial charge in [-0.25, -0.2) is 0 Å². The number of nitrogens with zero attached hydrogens (tertiary/aromatic N) is 1. The summed E-state index contributed by atoms with van der Waals surface area (Å²) in [6.07, 6.45) is 0.285. The average Bonchev–Trinajstić information content (AvgIpc) is 2.28. The molecule has 2 rings (SSSR count). The third-order valence-electron chi connectivity index (χ3n) is 3.30. The Morgan fingerprint density at radius 1 is 1.41 bits per heavy atom. The Hall–Kier alpha value is -1.22. The van der Waals surface area contributed by atoms with E-state index >= 15 is 0 Å². The fourth-order valence-electron chi connectivity index (χ4n) is 2.26. The molecule has 1 unspecified atom stereocenters. The SMILES string of the molecule is CC1CN(c2ccc(C(C)C)cc2N)CCO1. The van der Waals surface area contributed by atoms with Crippen LogP contribution in [0.5, 0.6) is 0 Å². The van der Waals surface area contributed by atoms with Crippen LogP contribution in [0.25, 0.3) is 0 Å². The van der Waals surface area contributed by atoms with Gasteiger partial charge in [0.2, 0.25) is 0 Å². The smallest absolute Gasteiger partial charge is 0.0722 e. The van der Waals surface area contributed by atoms with Crippen LogP contribution in [-0.4, -0.2) is 25.8 Å². The molecular formula is C14H22N2O. The maximum Gasteiger partial charge on any atom is 0.0722 e. The predicted molar refractivity (Wildman–Crippen MR) is 72.6 cm³/mol. The highest BCUT2D eigenvalue weighted by Gasteiger charge is 2.18. The van der Waals surface area contributed by atoms with Crippen LogP contribution in [0.3, 0.4) is 0 Å². The summed E-state index contributed by atoms with van der Waals surface area (Å²) in [7, 11) is 0. The van der Waals surface area contributed by atoms with Gasteiger partial charge in [0.05, 0.1) is 24.1 Å². The molecule has 1 heterocycles. The van der Waals surface area contributed by atoms with Crippen LogP contribution in [0.4, 0.5) is 11.4 Å². The van der Waals surface area contributed by atoms with Crippen LogP contribution in [0.1, 0.15) is 32.3 Å². The lowest BCUT2D eigenvalue weighted by molar-refractivity contribution is 0.0533. The Balaban J connectivity index is 2.21. The number of nitrogen functional groups attached to an aromatic ring is 1. The number of benzene rings is 1. The summed E-state index contributed by atoms with van der Waals surface area (Å²) in [5.74, 6) is 0.523. The van der Waals surface area contributed by atoms with Gasteiger partial charge < -0.3 is 15.4 Å². The second kappa shape index (κ2) is 4.96. The van der Waals surface area contributed by atoms with E-state index in [4.69, 9.17) is 10.5 Å². The first kappa shape index (κ1) is 12.2. The van der Waals surface area contributed by atoms with Gasteiger partial charge in [0.15, 0.2) is 0 Å². The molecule has 0 bridgehead atoms. The molecule has 0 aromatic heterocycles. The number of hydrogen-bond donors (Lipinski definition) is 1. The lowest BCUT2D eigenvalue weighted by Gasteiger charge is -2.33. The average molecular weight is 234 g/mol. The Bertz CT molecular complexity index is 390. The van der Waals surface area contributed by atoms with E-state index in [2.05, 4.69) is 43.9 Å². The zero-order valence-electron chi connectivity index (χ0n) is 10.9. The van der Waals surface area contributed by atoms with Gasteiger partial charge in [-0.3, -0.25) is 0 Å². The predicted octanol–water partition coefficient (Wildman–Crippen LogP) is 2.62. The number of rotatable bonds is 2. The van der Waals surface area contributed by atoms with Gasteiger partial charge in [-0.2, -0.15) is 0 Å². The van der Waals surface area contributed by atoms with Gasteiger partial charge >= 0.3 is 0 Å². The summed E-state index contributed by atoms with van der Waals surface area (Å²) >= 11 is 0. The zero-order valence-corrected chi connectivity index (χ0v) is 10.9. The third kappa shape index (κ3) is 2.72. The van der Waals surface area contributed by atoms with Crippen LogP contribution >= 0.6 is 0 Å². The molecule has 0 amide bonds. The summed E-state index contributed by atoms with van der Waals surface area (Å²) in [4.78, 5) is 2.31. The largest absolute Gasteiger partial charge is 0.397 e. The van der Waals surface area contributed by atoms with E-state index in [1.165, 1.54) is 5.56 Å². The summed E-state index contributed by atoms with van der Waals surface area (Å²) in [5.41, 5.74) is 9.47. The zero-order chi connectivity index (χ0) is 12.4. The van der Waals surface area contributed by atoms with Gasteiger partial charge in [0.25, 0.3) is 0 Å². The van der Waals surface area contributed by atoms with Crippen LogP contribution in [0.2, 0.25) is 0 Å². The van der Waals surface area contributed by atoms with Gasteiger partial charge in [-0.05, 0) is 30.5 Å². The highest BCUT2D eigenvalue weighted by atomic mass is 16.5. The first-order valence-corrected chi connectivity index (χ1v) is 6.34. The normalized spacial score (nSPS) is 20.9. The van der Waals surface area contributed by atoms with E-state index in [1.807, 2.05) is 0 Å². The minimum atomic E-state index is 0.285. The van der Waals surface area contributed by atoms with Crippen LogP contribution in [-0.2, 0) is 4.74 Å². The molecule has 3 heteroatoms. The molecule has 1 saturated heterocycles. The molecule has 0 saturated carbocycles. The van der Waals surface area contributed by atoms with Crippen molar-refractivity contribution < 1.29 is 4.74 Å². The van der Waals surface area contributed by atoms with Gasteiger partial charge in [-0.1, -0.05) is 19.9 Å². The van der Waals surface area contributed by atoms with Crippen molar-refractivity contribution in [3.63, 3.8) is 0 Å². The number of hydrogen-bond acceptors (Lipinski definition) is 3. The van der Waals surface area contributed by atoms with Gasteiger partial charge in [-0.15, -0.1) is 0 Å². The van der Waals surface area contributed by atoms with Crippen molar-refractivity contribution in [1.29, 1.82) is 0 Å². The van der Waals surface area contributed by atoms with Crippen LogP contribution in [0, 0.1) is 0 Å². The highest BCUT2D eigenvalue weighted by Crippen LogP contribution is 2.28. The molecule has 1 aliphatic heterocycles. The molecule has 94 valence electrons. The van der Waals surface area contributed by atoms with Crippen molar-refractivity contribution in [3.8, 4) is 0 Å². The fourth-order valence-corrected chi connectivity index (χ4v) is 2.26. The number of anilines is 2. The fraction of sp³-hybridized carbons (Fsp3) is 0.571. The summed E-state index contributed by atoms with van der Waals surface area (Å²) in [6.45, 7) is 9.11. The van der Waals surface area contributed by atoms with Gasteiger partial charge in [0.1, 0.15) is 0 Å². The summed E-state index contributed by atoms with van der Waals surface area (Å²) < 4.78 is 5.55. The number of morpholine rings is 1. The Morgan fingerprint density at radius 3 is 2.76 bits per heavy atom. The molecule has 2 N–H and O–H groups in total. The minimum absolute atomic E-state index is 0.285.